The number of benzene rings is 3. The third-order valence-corrected chi connectivity index (χ3v) is 7.22. The van der Waals surface area contributed by atoms with E-state index in [4.69, 9.17) is 19.2 Å². The van der Waals surface area contributed by atoms with Crippen molar-refractivity contribution in [2.75, 3.05) is 6.61 Å². The van der Waals surface area contributed by atoms with Gasteiger partial charge >= 0.3 is 0 Å². The molecule has 2 aliphatic rings. The van der Waals surface area contributed by atoms with Crippen LogP contribution in [0.5, 0.6) is 5.75 Å². The molecule has 0 fully saturated rings. The maximum Gasteiger partial charge on any atom is 0.163 e. The number of fused-ring (bicyclic) bond motifs is 3. The van der Waals surface area contributed by atoms with Crippen LogP contribution in [0.1, 0.15) is 61.6 Å². The Kier molecular flexibility index (Phi) is 5.39. The summed E-state index contributed by atoms with van der Waals surface area (Å²) in [4.78, 5) is 18.0. The highest BCUT2D eigenvalue weighted by Crippen LogP contribution is 2.46. The number of aryl methyl sites for hydroxylation is 1. The number of rotatable bonds is 4. The third-order valence-electron chi connectivity index (χ3n) is 7.22. The van der Waals surface area contributed by atoms with Crippen LogP contribution in [0.25, 0.3) is 32.8 Å². The van der Waals surface area contributed by atoms with E-state index >= 15 is 0 Å². The molecule has 5 heteroatoms. The highest BCUT2D eigenvalue weighted by Gasteiger charge is 2.31. The Morgan fingerprint density at radius 3 is 2.67 bits per heavy atom. The van der Waals surface area contributed by atoms with E-state index in [-0.39, 0.29) is 5.78 Å². The Bertz CT molecular complexity index is 1540. The van der Waals surface area contributed by atoms with E-state index in [9.17, 15) is 4.79 Å². The van der Waals surface area contributed by atoms with Crippen LogP contribution in [0.15, 0.2) is 42.6 Å². The van der Waals surface area contributed by atoms with Crippen LogP contribution >= 0.6 is 0 Å². The minimum atomic E-state index is -0.698. The van der Waals surface area contributed by atoms with Crippen LogP contribution in [0.4, 0.5) is 0 Å². The minimum absolute atomic E-state index is 0.0165. The summed E-state index contributed by atoms with van der Waals surface area (Å²) in [5, 5.41) is 3.31. The predicted molar refractivity (Wildman–Crippen MR) is 141 cm³/mol. The molecule has 0 saturated heterocycles. The first-order chi connectivity index (χ1) is 17.2. The highest BCUT2D eigenvalue weighted by atomic mass is 16.5. The van der Waals surface area contributed by atoms with Gasteiger partial charge in [-0.25, -0.2) is 0 Å². The average molecular weight is 482 g/mol. The third kappa shape index (κ3) is 3.69. The molecule has 0 bridgehead atoms. The van der Waals surface area contributed by atoms with Crippen LogP contribution in [0, 0.1) is 6.92 Å². The summed E-state index contributed by atoms with van der Waals surface area (Å²) in [5.41, 5.74) is 8.02. The van der Waals surface area contributed by atoms with E-state index < -0.39 is 11.7 Å². The number of pyridine rings is 1. The molecule has 0 amide bonds. The van der Waals surface area contributed by atoms with E-state index in [2.05, 4.69) is 37.3 Å². The second-order valence-electron chi connectivity index (χ2n) is 10.9. The van der Waals surface area contributed by atoms with Gasteiger partial charge in [0, 0.05) is 23.6 Å². The Balaban J connectivity index is 1.75. The standard InChI is InChI=1S/C31H31NO4/c1-17-14-23-21(7-6-20-15-34-16-24(20)23)28(26(17)30(18(2)33)36-31(3,4)5)22-8-9-25-27-19(11-13-35-25)10-12-32-29(22)27/h6-10,12,14,30H,11,13,15-16H2,1-5H3/t30-/m1/s1. The number of carbonyl (C=O) groups excluding carboxylic acids is 1. The number of hydrogen-bond acceptors (Lipinski definition) is 5. The monoisotopic (exact) mass is 481 g/mol. The van der Waals surface area contributed by atoms with Crippen LogP contribution in [-0.4, -0.2) is 23.0 Å². The van der Waals surface area contributed by atoms with Crippen LogP contribution in [0.3, 0.4) is 0 Å². The van der Waals surface area contributed by atoms with Crippen molar-refractivity contribution in [3.8, 4) is 16.9 Å². The lowest BCUT2D eigenvalue weighted by Gasteiger charge is -2.30. The Labute approximate surface area is 211 Å². The van der Waals surface area contributed by atoms with Crippen molar-refractivity contribution in [3.05, 3.63) is 70.4 Å². The number of hydrogen-bond donors (Lipinski definition) is 0. The summed E-state index contributed by atoms with van der Waals surface area (Å²) in [6, 6.07) is 12.7. The Morgan fingerprint density at radius 1 is 1.06 bits per heavy atom. The number of ether oxygens (including phenoxy) is 3. The van der Waals surface area contributed by atoms with Crippen molar-refractivity contribution in [2.24, 2.45) is 0 Å². The molecule has 0 unspecified atom stereocenters. The molecule has 1 aromatic heterocycles. The fourth-order valence-electron chi connectivity index (χ4n) is 5.73. The maximum absolute atomic E-state index is 13.1. The van der Waals surface area contributed by atoms with Gasteiger partial charge in [0.05, 0.1) is 30.9 Å². The second kappa shape index (κ2) is 8.39. The zero-order chi connectivity index (χ0) is 25.2. The van der Waals surface area contributed by atoms with Gasteiger partial charge in [-0.15, -0.1) is 0 Å². The summed E-state index contributed by atoms with van der Waals surface area (Å²) in [6.45, 7) is 11.6. The SMILES string of the molecule is CC(=O)[C@@H](OC(C)(C)C)c1c(C)cc2c3c(ccc2c1-c1ccc2c4c(ccnc14)CCO2)COC3. The molecule has 0 N–H and O–H groups in total. The quantitative estimate of drug-likeness (QED) is 0.322. The maximum atomic E-state index is 13.1. The summed E-state index contributed by atoms with van der Waals surface area (Å²) < 4.78 is 18.3. The predicted octanol–water partition coefficient (Wildman–Crippen LogP) is 6.77. The lowest BCUT2D eigenvalue weighted by molar-refractivity contribution is -0.138. The van der Waals surface area contributed by atoms with Gasteiger partial charge in [0.25, 0.3) is 0 Å². The van der Waals surface area contributed by atoms with Gasteiger partial charge in [0.1, 0.15) is 11.9 Å². The number of carbonyl (C=O) groups is 1. The van der Waals surface area contributed by atoms with Crippen molar-refractivity contribution < 1.29 is 19.0 Å². The van der Waals surface area contributed by atoms with Crippen LogP contribution in [-0.2, 0) is 33.9 Å². The molecule has 4 aromatic rings. The van der Waals surface area contributed by atoms with Gasteiger partial charge in [-0.05, 0) is 97.0 Å². The molecule has 0 radical (unpaired) electrons. The number of ketones is 1. The van der Waals surface area contributed by atoms with Gasteiger partial charge in [-0.2, -0.15) is 0 Å². The molecule has 2 aliphatic heterocycles. The zero-order valence-electron chi connectivity index (χ0n) is 21.5. The molecule has 0 aliphatic carbocycles. The molecule has 3 aromatic carbocycles. The fourth-order valence-corrected chi connectivity index (χ4v) is 5.73. The van der Waals surface area contributed by atoms with E-state index in [0.29, 0.717) is 19.8 Å². The van der Waals surface area contributed by atoms with Crippen molar-refractivity contribution in [1.29, 1.82) is 0 Å². The van der Waals surface area contributed by atoms with E-state index in [0.717, 1.165) is 56.1 Å². The summed E-state index contributed by atoms with van der Waals surface area (Å²) >= 11 is 0. The number of Topliss-reactive ketones (excluding diaryl/α,β-unsaturated/α-hetero) is 1. The van der Waals surface area contributed by atoms with Gasteiger partial charge in [0.2, 0.25) is 0 Å². The first-order valence-electron chi connectivity index (χ1n) is 12.6. The zero-order valence-corrected chi connectivity index (χ0v) is 21.5. The second-order valence-corrected chi connectivity index (χ2v) is 10.9. The first kappa shape index (κ1) is 23.1. The van der Waals surface area contributed by atoms with Gasteiger partial charge in [0.15, 0.2) is 5.78 Å². The van der Waals surface area contributed by atoms with Crippen LogP contribution < -0.4 is 4.74 Å². The van der Waals surface area contributed by atoms with Gasteiger partial charge < -0.3 is 14.2 Å². The van der Waals surface area contributed by atoms with Crippen molar-refractivity contribution in [1.82, 2.24) is 4.98 Å². The van der Waals surface area contributed by atoms with E-state index in [1.165, 1.54) is 16.7 Å². The van der Waals surface area contributed by atoms with Crippen molar-refractivity contribution in [2.45, 2.75) is 66.0 Å². The fraction of sp³-hybridized carbons (Fsp3) is 0.355. The topological polar surface area (TPSA) is 57.7 Å². The number of aromatic nitrogens is 1. The summed E-state index contributed by atoms with van der Waals surface area (Å²) in [7, 11) is 0. The smallest absolute Gasteiger partial charge is 0.163 e. The summed E-state index contributed by atoms with van der Waals surface area (Å²) in [6.07, 6.45) is 2.04. The first-order valence-corrected chi connectivity index (χ1v) is 12.6. The van der Waals surface area contributed by atoms with Crippen molar-refractivity contribution in [3.63, 3.8) is 0 Å². The van der Waals surface area contributed by atoms with E-state index in [1.54, 1.807) is 6.92 Å². The summed E-state index contributed by atoms with van der Waals surface area (Å²) in [5.74, 6) is 0.849. The lowest BCUT2D eigenvalue weighted by atomic mass is 9.83. The Hall–Kier alpha value is -3.28. The molecular formula is C31H31NO4. The van der Waals surface area contributed by atoms with Crippen molar-refractivity contribution >= 4 is 27.5 Å². The van der Waals surface area contributed by atoms with Gasteiger partial charge in [-0.1, -0.05) is 18.2 Å². The lowest BCUT2D eigenvalue weighted by Crippen LogP contribution is -2.27. The molecular weight excluding hydrogens is 450 g/mol. The Morgan fingerprint density at radius 2 is 1.89 bits per heavy atom. The molecule has 0 saturated carbocycles. The normalized spacial score (nSPS) is 15.7. The molecule has 6 rings (SSSR count). The van der Waals surface area contributed by atoms with E-state index in [1.807, 2.05) is 33.0 Å². The molecule has 5 nitrogen and oxygen atoms in total. The van der Waals surface area contributed by atoms with Gasteiger partial charge in [-0.3, -0.25) is 9.78 Å². The molecule has 0 spiro atoms. The van der Waals surface area contributed by atoms with Crippen LogP contribution in [0.2, 0.25) is 0 Å². The number of nitrogens with zero attached hydrogens (tertiary/aromatic N) is 1. The minimum Gasteiger partial charge on any atom is -0.493 e. The molecule has 184 valence electrons. The largest absolute Gasteiger partial charge is 0.493 e. The highest BCUT2D eigenvalue weighted by molar-refractivity contribution is 6.10. The molecule has 36 heavy (non-hydrogen) atoms. The molecule has 1 atom stereocenters. The average Bonchev–Trinajstić information content (AvgIpc) is 3.32. The molecule has 3 heterocycles.